The minimum absolute atomic E-state index is 0.893. The van der Waals surface area contributed by atoms with Crippen LogP contribution in [-0.4, -0.2) is 6.54 Å². The summed E-state index contributed by atoms with van der Waals surface area (Å²) in [5, 5.41) is 3.13. The maximum absolute atomic E-state index is 3.60. The quantitative estimate of drug-likeness (QED) is 0.424. The van der Waals surface area contributed by atoms with Gasteiger partial charge < -0.3 is 5.32 Å². The second kappa shape index (κ2) is 7.70. The molecule has 0 aromatic heterocycles. The van der Waals surface area contributed by atoms with Gasteiger partial charge >= 0.3 is 0 Å². The van der Waals surface area contributed by atoms with Crippen molar-refractivity contribution in [3.63, 3.8) is 0 Å². The van der Waals surface area contributed by atoms with E-state index < -0.39 is 0 Å². The van der Waals surface area contributed by atoms with Crippen LogP contribution in [0.15, 0.2) is 12.7 Å². The summed E-state index contributed by atoms with van der Waals surface area (Å²) in [4.78, 5) is 0. The average molecular weight is 126 g/mol. The van der Waals surface area contributed by atoms with Gasteiger partial charge in [-0.15, -0.1) is 6.58 Å². The lowest BCUT2D eigenvalue weighted by molar-refractivity contribution is 0.721. The van der Waals surface area contributed by atoms with Crippen molar-refractivity contribution in [3.8, 4) is 0 Å². The van der Waals surface area contributed by atoms with Gasteiger partial charge in [0, 0.05) is 13.1 Å². The van der Waals surface area contributed by atoms with Crippen LogP contribution in [0, 0.1) is 6.54 Å². The van der Waals surface area contributed by atoms with E-state index in [1.54, 1.807) is 0 Å². The molecule has 0 aromatic rings. The molecule has 0 rings (SSSR count). The Kier molecular flexibility index (Phi) is 7.44. The monoisotopic (exact) mass is 126 g/mol. The third-order valence-corrected chi connectivity index (χ3v) is 1.11. The predicted molar refractivity (Wildman–Crippen MR) is 42.0 cm³/mol. The Morgan fingerprint density at radius 2 is 2.33 bits per heavy atom. The predicted octanol–water partition coefficient (Wildman–Crippen LogP) is 2.11. The van der Waals surface area contributed by atoms with E-state index in [2.05, 4.69) is 25.4 Å². The molecule has 0 aliphatic heterocycles. The zero-order chi connectivity index (χ0) is 6.95. The topological polar surface area (TPSA) is 12.0 Å². The summed E-state index contributed by atoms with van der Waals surface area (Å²) in [6, 6.07) is 0. The molecule has 1 nitrogen and oxygen atoms in total. The van der Waals surface area contributed by atoms with Crippen LogP contribution in [0.1, 0.15) is 26.2 Å². The fraction of sp³-hybridized carbons (Fsp3) is 0.625. The summed E-state index contributed by atoms with van der Waals surface area (Å²) < 4.78 is 0. The van der Waals surface area contributed by atoms with E-state index in [0.29, 0.717) is 0 Å². The number of hydrogen-bond acceptors (Lipinski definition) is 1. The van der Waals surface area contributed by atoms with Crippen LogP contribution in [0.5, 0.6) is 0 Å². The average Bonchev–Trinajstić information content (AvgIpc) is 1.89. The number of nitrogens with one attached hydrogen (secondary N) is 1. The lowest BCUT2D eigenvalue weighted by atomic mass is 10.2. The normalized spacial score (nSPS) is 9.44. The fourth-order valence-corrected chi connectivity index (χ4v) is 0.575. The molecule has 0 bridgehead atoms. The van der Waals surface area contributed by atoms with E-state index in [9.17, 15) is 0 Å². The molecule has 1 N–H and O–H groups in total. The Hall–Kier alpha value is -0.300. The molecule has 1 heteroatoms. The highest BCUT2D eigenvalue weighted by molar-refractivity contribution is 4.73. The first-order valence-corrected chi connectivity index (χ1v) is 3.57. The van der Waals surface area contributed by atoms with Gasteiger partial charge in [-0.05, 0) is 6.42 Å². The molecular weight excluding hydrogens is 110 g/mol. The van der Waals surface area contributed by atoms with Crippen molar-refractivity contribution in [1.82, 2.24) is 5.32 Å². The smallest absolute Gasteiger partial charge is 0.0224 e. The Morgan fingerprint density at radius 3 is 2.89 bits per heavy atom. The molecule has 0 aliphatic carbocycles. The van der Waals surface area contributed by atoms with Crippen LogP contribution < -0.4 is 5.32 Å². The molecule has 0 aromatic carbocycles. The Labute approximate surface area is 58.2 Å². The van der Waals surface area contributed by atoms with Gasteiger partial charge in [0.15, 0.2) is 0 Å². The Balaban J connectivity index is 2.66. The Bertz CT molecular complexity index is 59.6. The van der Waals surface area contributed by atoms with Crippen LogP contribution >= 0.6 is 0 Å². The van der Waals surface area contributed by atoms with Gasteiger partial charge in [-0.3, -0.25) is 0 Å². The molecule has 0 amide bonds. The minimum atomic E-state index is 0.893. The van der Waals surface area contributed by atoms with Gasteiger partial charge in [-0.25, -0.2) is 0 Å². The summed E-state index contributed by atoms with van der Waals surface area (Å²) in [5.41, 5.74) is 0. The second-order valence-electron chi connectivity index (χ2n) is 2.04. The molecule has 53 valence electrons. The van der Waals surface area contributed by atoms with Crippen LogP contribution in [0.3, 0.4) is 0 Å². The molecule has 0 heterocycles. The highest BCUT2D eigenvalue weighted by Crippen LogP contribution is 1.93. The number of hydrogen-bond donors (Lipinski definition) is 1. The van der Waals surface area contributed by atoms with Gasteiger partial charge in [0.1, 0.15) is 0 Å². The molecule has 0 saturated heterocycles. The van der Waals surface area contributed by atoms with Gasteiger partial charge in [0.25, 0.3) is 0 Å². The summed E-state index contributed by atoms with van der Waals surface area (Å²) in [5.74, 6) is 0. The van der Waals surface area contributed by atoms with Gasteiger partial charge in [-0.1, -0.05) is 25.8 Å². The standard InChI is InChI=1S/C8H16N/c1-3-5-6-8-9-7-4-2/h4,8-9H,2-3,5-7H2,1H3. The largest absolute Gasteiger partial charge is 0.309 e. The van der Waals surface area contributed by atoms with E-state index >= 15 is 0 Å². The summed E-state index contributed by atoms with van der Waals surface area (Å²) in [7, 11) is 0. The van der Waals surface area contributed by atoms with Crippen molar-refractivity contribution in [2.75, 3.05) is 6.54 Å². The van der Waals surface area contributed by atoms with E-state index in [1.807, 2.05) is 6.08 Å². The zero-order valence-corrected chi connectivity index (χ0v) is 6.19. The molecule has 0 saturated carbocycles. The highest BCUT2D eigenvalue weighted by Gasteiger charge is 1.83. The molecule has 0 aliphatic rings. The lowest BCUT2D eigenvalue weighted by Gasteiger charge is -1.97. The van der Waals surface area contributed by atoms with E-state index in [4.69, 9.17) is 0 Å². The van der Waals surface area contributed by atoms with Crippen molar-refractivity contribution in [2.24, 2.45) is 0 Å². The molecule has 1 radical (unpaired) electrons. The Morgan fingerprint density at radius 1 is 1.56 bits per heavy atom. The van der Waals surface area contributed by atoms with Crippen molar-refractivity contribution in [1.29, 1.82) is 0 Å². The second-order valence-corrected chi connectivity index (χ2v) is 2.04. The minimum Gasteiger partial charge on any atom is -0.309 e. The van der Waals surface area contributed by atoms with E-state index in [-0.39, 0.29) is 0 Å². The third-order valence-electron chi connectivity index (χ3n) is 1.11. The van der Waals surface area contributed by atoms with E-state index in [0.717, 1.165) is 6.54 Å². The van der Waals surface area contributed by atoms with E-state index in [1.165, 1.54) is 19.3 Å². The maximum atomic E-state index is 3.60. The molecule has 0 atom stereocenters. The first-order valence-electron chi connectivity index (χ1n) is 3.57. The zero-order valence-electron chi connectivity index (χ0n) is 6.19. The lowest BCUT2D eigenvalue weighted by Crippen LogP contribution is -2.08. The van der Waals surface area contributed by atoms with Gasteiger partial charge in [0.05, 0.1) is 0 Å². The SMILES string of the molecule is C=CCN[CH]CCCC. The van der Waals surface area contributed by atoms with Crippen LogP contribution in [0.25, 0.3) is 0 Å². The van der Waals surface area contributed by atoms with Gasteiger partial charge in [-0.2, -0.15) is 0 Å². The summed E-state index contributed by atoms with van der Waals surface area (Å²) in [6.07, 6.45) is 5.59. The molecule has 0 spiro atoms. The summed E-state index contributed by atoms with van der Waals surface area (Å²) in [6.45, 7) is 8.79. The summed E-state index contributed by atoms with van der Waals surface area (Å²) >= 11 is 0. The molecular formula is C8H16N. The highest BCUT2D eigenvalue weighted by atomic mass is 14.8. The van der Waals surface area contributed by atoms with Crippen LogP contribution in [-0.2, 0) is 0 Å². The van der Waals surface area contributed by atoms with Crippen molar-refractivity contribution in [2.45, 2.75) is 26.2 Å². The first-order chi connectivity index (χ1) is 4.41. The molecule has 0 fully saturated rings. The molecule has 0 unspecified atom stereocenters. The maximum Gasteiger partial charge on any atom is 0.0224 e. The third kappa shape index (κ3) is 7.70. The van der Waals surface area contributed by atoms with Crippen molar-refractivity contribution in [3.05, 3.63) is 19.2 Å². The van der Waals surface area contributed by atoms with Gasteiger partial charge in [0.2, 0.25) is 0 Å². The van der Waals surface area contributed by atoms with Crippen molar-refractivity contribution >= 4 is 0 Å². The molecule has 9 heavy (non-hydrogen) atoms. The first kappa shape index (κ1) is 8.70. The van der Waals surface area contributed by atoms with Crippen LogP contribution in [0.4, 0.5) is 0 Å². The van der Waals surface area contributed by atoms with Crippen LogP contribution in [0.2, 0.25) is 0 Å². The number of rotatable bonds is 6. The fourth-order valence-electron chi connectivity index (χ4n) is 0.575. The van der Waals surface area contributed by atoms with Crippen molar-refractivity contribution < 1.29 is 0 Å². The number of unbranched alkanes of at least 4 members (excludes halogenated alkanes) is 2.